The first-order valence-corrected chi connectivity index (χ1v) is 12.3. The number of nitrogens with one attached hydrogen (secondary N) is 1. The minimum absolute atomic E-state index is 0.0577. The second-order valence-electron chi connectivity index (χ2n) is 9.78. The van der Waals surface area contributed by atoms with Gasteiger partial charge >= 0.3 is 0 Å². The number of hydrogen-bond acceptors (Lipinski definition) is 3. The molecule has 0 radical (unpaired) electrons. The van der Waals surface area contributed by atoms with Crippen molar-refractivity contribution in [3.63, 3.8) is 0 Å². The summed E-state index contributed by atoms with van der Waals surface area (Å²) in [4.78, 5) is 18.1. The fraction of sp³-hybridized carbons (Fsp3) is 0.520. The maximum absolute atomic E-state index is 13.6. The Morgan fingerprint density at radius 1 is 1.22 bits per heavy atom. The summed E-state index contributed by atoms with van der Waals surface area (Å²) in [7, 11) is 0. The summed E-state index contributed by atoms with van der Waals surface area (Å²) >= 11 is 1.56. The number of imidazole rings is 1. The monoisotopic (exact) mass is 456 g/mol. The predicted octanol–water partition coefficient (Wildman–Crippen LogP) is 5.97. The molecule has 3 aromatic rings. The zero-order valence-electron chi connectivity index (χ0n) is 19.4. The highest BCUT2D eigenvalue weighted by molar-refractivity contribution is 7.97. The normalized spacial score (nSPS) is 19.4. The number of nitrogens with zero attached hydrogens (tertiary/aromatic N) is 3. The van der Waals surface area contributed by atoms with E-state index in [1.165, 1.54) is 0 Å². The number of benzene rings is 1. The maximum Gasteiger partial charge on any atom is 0.252 e. The summed E-state index contributed by atoms with van der Waals surface area (Å²) in [5.41, 5.74) is 2.70. The lowest BCUT2D eigenvalue weighted by atomic mass is 9.87. The van der Waals surface area contributed by atoms with Crippen LogP contribution in [0.25, 0.3) is 11.0 Å². The van der Waals surface area contributed by atoms with Crippen LogP contribution < -0.4 is 5.32 Å². The Labute approximate surface area is 193 Å². The number of fused-ring (bicyclic) bond motifs is 1. The number of amides is 1. The van der Waals surface area contributed by atoms with Crippen LogP contribution in [0.4, 0.5) is 4.39 Å². The molecule has 2 aromatic heterocycles. The van der Waals surface area contributed by atoms with Gasteiger partial charge in [0.2, 0.25) is 0 Å². The first-order valence-electron chi connectivity index (χ1n) is 11.5. The van der Waals surface area contributed by atoms with Crippen LogP contribution in [0, 0.1) is 5.92 Å². The predicted molar refractivity (Wildman–Crippen MR) is 129 cm³/mol. The van der Waals surface area contributed by atoms with Crippen LogP contribution in [-0.4, -0.2) is 32.1 Å². The van der Waals surface area contributed by atoms with Gasteiger partial charge in [-0.1, -0.05) is 20.8 Å². The molecule has 5 nitrogen and oxygen atoms in total. The van der Waals surface area contributed by atoms with Crippen molar-refractivity contribution in [3.05, 3.63) is 48.0 Å². The molecule has 0 spiro atoms. The van der Waals surface area contributed by atoms with E-state index in [1.807, 2.05) is 29.4 Å². The van der Waals surface area contributed by atoms with Crippen molar-refractivity contribution in [1.29, 1.82) is 0 Å². The van der Waals surface area contributed by atoms with Gasteiger partial charge in [0.1, 0.15) is 12.0 Å². The third-order valence-corrected chi connectivity index (χ3v) is 6.99. The van der Waals surface area contributed by atoms with Gasteiger partial charge in [0.15, 0.2) is 0 Å². The summed E-state index contributed by atoms with van der Waals surface area (Å²) in [5, 5.41) is 2.83. The van der Waals surface area contributed by atoms with Crippen LogP contribution in [0.3, 0.4) is 0 Å². The molecule has 32 heavy (non-hydrogen) atoms. The van der Waals surface area contributed by atoms with Crippen molar-refractivity contribution in [1.82, 2.24) is 18.8 Å². The van der Waals surface area contributed by atoms with E-state index in [0.717, 1.165) is 41.1 Å². The van der Waals surface area contributed by atoms with E-state index in [-0.39, 0.29) is 11.3 Å². The van der Waals surface area contributed by atoms with Gasteiger partial charge in [-0.25, -0.2) is 9.37 Å². The highest BCUT2D eigenvalue weighted by Gasteiger charge is 2.27. The van der Waals surface area contributed by atoms with E-state index in [4.69, 9.17) is 4.98 Å². The Bertz CT molecular complexity index is 1090. The van der Waals surface area contributed by atoms with E-state index in [9.17, 15) is 9.18 Å². The van der Waals surface area contributed by atoms with Crippen molar-refractivity contribution in [2.45, 2.75) is 76.4 Å². The molecular weight excluding hydrogens is 423 g/mol. The molecule has 0 saturated heterocycles. The van der Waals surface area contributed by atoms with E-state index in [0.29, 0.717) is 30.9 Å². The second-order valence-corrected chi connectivity index (χ2v) is 10.9. The van der Waals surface area contributed by atoms with Crippen LogP contribution in [0.2, 0.25) is 0 Å². The van der Waals surface area contributed by atoms with Crippen molar-refractivity contribution in [2.75, 3.05) is 6.54 Å². The number of halogens is 1. The van der Waals surface area contributed by atoms with E-state index in [2.05, 4.69) is 48.9 Å². The smallest absolute Gasteiger partial charge is 0.252 e. The van der Waals surface area contributed by atoms with Crippen LogP contribution >= 0.6 is 11.9 Å². The highest BCUT2D eigenvalue weighted by Crippen LogP contribution is 2.33. The molecule has 0 atom stereocenters. The van der Waals surface area contributed by atoms with Gasteiger partial charge in [-0.15, -0.1) is 0 Å². The lowest BCUT2D eigenvalue weighted by Crippen LogP contribution is -2.24. The SMILES string of the molecule is CCNC(=O)c1ccn(Sc2ccc3c(c2)nc(C(C)(C)C)n3CC2CCC(F)CC2)c1. The Kier molecular flexibility index (Phi) is 6.65. The number of rotatable bonds is 6. The number of carbonyl (C=O) groups excluding carboxylic acids is 1. The molecule has 172 valence electrons. The van der Waals surface area contributed by atoms with Crippen LogP contribution in [0.15, 0.2) is 41.6 Å². The van der Waals surface area contributed by atoms with Gasteiger partial charge in [-0.3, -0.25) is 8.77 Å². The zero-order chi connectivity index (χ0) is 22.9. The molecule has 1 amide bonds. The Hall–Kier alpha value is -2.28. The summed E-state index contributed by atoms with van der Waals surface area (Å²) in [6, 6.07) is 8.21. The molecule has 1 N–H and O–H groups in total. The summed E-state index contributed by atoms with van der Waals surface area (Å²) in [6.45, 7) is 10.0. The second kappa shape index (κ2) is 9.30. The Morgan fingerprint density at radius 3 is 2.66 bits per heavy atom. The largest absolute Gasteiger partial charge is 0.352 e. The van der Waals surface area contributed by atoms with Crippen LogP contribution in [0.1, 0.15) is 69.6 Å². The molecule has 4 rings (SSSR count). The van der Waals surface area contributed by atoms with Gasteiger partial charge in [-0.2, -0.15) is 0 Å². The minimum atomic E-state index is -0.630. The quantitative estimate of drug-likeness (QED) is 0.497. The molecule has 0 aliphatic heterocycles. The standard InChI is InChI=1S/C25H33FN4OS/c1-5-27-23(31)18-12-13-29(16-18)32-20-10-11-22-21(14-20)28-24(25(2,3)4)30(22)15-17-6-8-19(26)9-7-17/h10-14,16-17,19H,5-9,15H2,1-4H3,(H,27,31). The molecular formula is C25H33FN4OS. The van der Waals surface area contributed by atoms with E-state index >= 15 is 0 Å². The average molecular weight is 457 g/mol. The van der Waals surface area contributed by atoms with Gasteiger partial charge in [0, 0.05) is 35.8 Å². The highest BCUT2D eigenvalue weighted by atomic mass is 32.2. The lowest BCUT2D eigenvalue weighted by Gasteiger charge is -2.27. The summed E-state index contributed by atoms with van der Waals surface area (Å²) in [6.07, 6.45) is 6.37. The fourth-order valence-corrected chi connectivity index (χ4v) is 5.26. The molecule has 2 heterocycles. The van der Waals surface area contributed by atoms with Crippen molar-refractivity contribution in [3.8, 4) is 0 Å². The molecule has 1 aliphatic rings. The van der Waals surface area contributed by atoms with Gasteiger partial charge in [0.25, 0.3) is 5.91 Å². The van der Waals surface area contributed by atoms with Crippen LogP contribution in [-0.2, 0) is 12.0 Å². The van der Waals surface area contributed by atoms with Crippen molar-refractivity contribution < 1.29 is 9.18 Å². The third-order valence-electron chi connectivity index (χ3n) is 6.09. The number of alkyl halides is 1. The van der Waals surface area contributed by atoms with E-state index < -0.39 is 6.17 Å². The van der Waals surface area contributed by atoms with Crippen LogP contribution in [0.5, 0.6) is 0 Å². The number of hydrogen-bond donors (Lipinski definition) is 1. The Morgan fingerprint density at radius 2 is 1.97 bits per heavy atom. The summed E-state index contributed by atoms with van der Waals surface area (Å²) in [5.74, 6) is 1.52. The third kappa shape index (κ3) is 5.03. The van der Waals surface area contributed by atoms with Crippen molar-refractivity contribution in [2.24, 2.45) is 5.92 Å². The van der Waals surface area contributed by atoms with Crippen molar-refractivity contribution >= 4 is 28.9 Å². The molecule has 1 aliphatic carbocycles. The van der Waals surface area contributed by atoms with E-state index in [1.54, 1.807) is 11.9 Å². The lowest BCUT2D eigenvalue weighted by molar-refractivity contribution is 0.0956. The van der Waals surface area contributed by atoms with Gasteiger partial charge < -0.3 is 9.88 Å². The van der Waals surface area contributed by atoms with Gasteiger partial charge in [-0.05, 0) is 74.7 Å². The zero-order valence-corrected chi connectivity index (χ0v) is 20.2. The molecule has 1 fully saturated rings. The minimum Gasteiger partial charge on any atom is -0.352 e. The summed E-state index contributed by atoms with van der Waals surface area (Å²) < 4.78 is 17.9. The first-order chi connectivity index (χ1) is 15.2. The molecule has 1 aromatic carbocycles. The number of carbonyl (C=O) groups is 1. The Balaban J connectivity index is 1.59. The molecule has 7 heteroatoms. The molecule has 0 bridgehead atoms. The maximum atomic E-state index is 13.6. The number of aromatic nitrogens is 3. The first kappa shape index (κ1) is 22.9. The fourth-order valence-electron chi connectivity index (χ4n) is 4.44. The van der Waals surface area contributed by atoms with Gasteiger partial charge in [0.05, 0.1) is 16.6 Å². The molecule has 0 unspecified atom stereocenters. The topological polar surface area (TPSA) is 51.9 Å². The molecule has 1 saturated carbocycles. The average Bonchev–Trinajstić information content (AvgIpc) is 3.35.